The molecule has 0 aliphatic heterocycles. The van der Waals surface area contributed by atoms with Crippen molar-refractivity contribution in [1.29, 1.82) is 0 Å². The smallest absolute Gasteiger partial charge is 0.321 e. The van der Waals surface area contributed by atoms with Crippen molar-refractivity contribution in [2.24, 2.45) is 0 Å². The summed E-state index contributed by atoms with van der Waals surface area (Å²) in [7, 11) is 0. The van der Waals surface area contributed by atoms with Gasteiger partial charge < -0.3 is 20.1 Å². The highest BCUT2D eigenvalue weighted by molar-refractivity contribution is 9.10. The molecule has 0 unspecified atom stereocenters. The summed E-state index contributed by atoms with van der Waals surface area (Å²) in [6, 6.07) is 13.0. The molecule has 2 aromatic carbocycles. The van der Waals surface area contributed by atoms with Gasteiger partial charge in [0, 0.05) is 30.1 Å². The van der Waals surface area contributed by atoms with Crippen LogP contribution in [0.4, 0.5) is 0 Å². The number of aromatic nitrogens is 1. The summed E-state index contributed by atoms with van der Waals surface area (Å²) in [6.45, 7) is 4.41. The van der Waals surface area contributed by atoms with Gasteiger partial charge >= 0.3 is 5.97 Å². The van der Waals surface area contributed by atoms with Gasteiger partial charge in [-0.1, -0.05) is 24.3 Å². The van der Waals surface area contributed by atoms with E-state index in [1.165, 1.54) is 0 Å². The molecule has 1 aromatic heterocycles. The highest BCUT2D eigenvalue weighted by atomic mass is 79.9. The van der Waals surface area contributed by atoms with E-state index in [4.69, 9.17) is 4.74 Å². The molecule has 1 heterocycles. The van der Waals surface area contributed by atoms with E-state index in [1.807, 2.05) is 62.5 Å². The molecular formula is C21H23BrN2O3. The fraction of sp³-hybridized carbons (Fsp3) is 0.286. The lowest BCUT2D eigenvalue weighted by atomic mass is 10.0. The van der Waals surface area contributed by atoms with Gasteiger partial charge in [0.1, 0.15) is 11.8 Å². The van der Waals surface area contributed by atoms with Crippen LogP contribution >= 0.6 is 15.9 Å². The van der Waals surface area contributed by atoms with Crippen molar-refractivity contribution in [3.63, 3.8) is 0 Å². The second-order valence-electron chi connectivity index (χ2n) is 6.77. The Labute approximate surface area is 166 Å². The van der Waals surface area contributed by atoms with E-state index in [0.29, 0.717) is 13.0 Å². The molecule has 0 saturated carbocycles. The lowest BCUT2D eigenvalue weighted by molar-refractivity contribution is -0.139. The highest BCUT2D eigenvalue weighted by Gasteiger charge is 2.19. The Bertz CT molecular complexity index is 936. The van der Waals surface area contributed by atoms with Gasteiger partial charge in [-0.3, -0.25) is 4.79 Å². The Morgan fingerprint density at radius 2 is 2.04 bits per heavy atom. The van der Waals surface area contributed by atoms with Gasteiger partial charge in [-0.15, -0.1) is 0 Å². The second-order valence-corrected chi connectivity index (χ2v) is 7.62. The number of carboxylic acids is 1. The van der Waals surface area contributed by atoms with Crippen LogP contribution in [-0.4, -0.2) is 28.2 Å². The van der Waals surface area contributed by atoms with E-state index in [2.05, 4.69) is 26.2 Å². The van der Waals surface area contributed by atoms with E-state index in [1.54, 1.807) is 0 Å². The van der Waals surface area contributed by atoms with Gasteiger partial charge in [0.15, 0.2) is 0 Å². The van der Waals surface area contributed by atoms with Gasteiger partial charge in [-0.2, -0.15) is 0 Å². The average molecular weight is 431 g/mol. The zero-order valence-electron chi connectivity index (χ0n) is 15.3. The van der Waals surface area contributed by atoms with Crippen LogP contribution in [0, 0.1) is 0 Å². The Morgan fingerprint density at radius 3 is 2.74 bits per heavy atom. The topological polar surface area (TPSA) is 74.3 Å². The van der Waals surface area contributed by atoms with E-state index in [0.717, 1.165) is 32.3 Å². The van der Waals surface area contributed by atoms with Crippen molar-refractivity contribution >= 4 is 32.8 Å². The number of fused-ring (bicyclic) bond motifs is 1. The summed E-state index contributed by atoms with van der Waals surface area (Å²) < 4.78 is 6.57. The molecule has 3 N–H and O–H groups in total. The highest BCUT2D eigenvalue weighted by Crippen LogP contribution is 2.27. The fourth-order valence-corrected chi connectivity index (χ4v) is 3.53. The zero-order valence-corrected chi connectivity index (χ0v) is 16.9. The number of hydrogen-bond acceptors (Lipinski definition) is 3. The standard InChI is InChI=1S/C21H23BrN2O3/c1-13(2)27-20-8-7-14(9-17(20)22)11-23-19(21(25)26)10-15-12-24-18-6-4-3-5-16(15)18/h3-9,12-13,19,23-24H,10-11H2,1-2H3,(H,25,26)/t19-/m1/s1. The van der Waals surface area contributed by atoms with Crippen LogP contribution in [0.25, 0.3) is 10.9 Å². The predicted molar refractivity (Wildman–Crippen MR) is 110 cm³/mol. The minimum absolute atomic E-state index is 0.0952. The summed E-state index contributed by atoms with van der Waals surface area (Å²) in [5, 5.41) is 13.8. The molecule has 142 valence electrons. The van der Waals surface area contributed by atoms with E-state index in [9.17, 15) is 9.90 Å². The van der Waals surface area contributed by atoms with Crippen LogP contribution in [0.5, 0.6) is 5.75 Å². The first kappa shape index (κ1) is 19.5. The van der Waals surface area contributed by atoms with Crippen molar-refractivity contribution < 1.29 is 14.6 Å². The quantitative estimate of drug-likeness (QED) is 0.491. The molecule has 0 spiro atoms. The maximum Gasteiger partial charge on any atom is 0.321 e. The van der Waals surface area contributed by atoms with Crippen LogP contribution in [-0.2, 0) is 17.8 Å². The van der Waals surface area contributed by atoms with Crippen LogP contribution < -0.4 is 10.1 Å². The molecule has 0 amide bonds. The Hall–Kier alpha value is -2.31. The molecular weight excluding hydrogens is 408 g/mol. The molecule has 0 radical (unpaired) electrons. The third-order valence-corrected chi connectivity index (χ3v) is 4.93. The molecule has 27 heavy (non-hydrogen) atoms. The Kier molecular flexibility index (Phi) is 6.19. The first-order valence-electron chi connectivity index (χ1n) is 8.90. The number of benzene rings is 2. The third-order valence-electron chi connectivity index (χ3n) is 4.31. The van der Waals surface area contributed by atoms with Crippen LogP contribution in [0.3, 0.4) is 0 Å². The molecule has 1 atom stereocenters. The number of halogens is 1. The largest absolute Gasteiger partial charge is 0.490 e. The number of hydrogen-bond donors (Lipinski definition) is 3. The maximum absolute atomic E-state index is 11.7. The van der Waals surface area contributed by atoms with Crippen LogP contribution in [0.1, 0.15) is 25.0 Å². The Morgan fingerprint density at radius 1 is 1.26 bits per heavy atom. The molecule has 0 aliphatic carbocycles. The average Bonchev–Trinajstić information content (AvgIpc) is 3.03. The summed E-state index contributed by atoms with van der Waals surface area (Å²) in [5.41, 5.74) is 3.00. The Balaban J connectivity index is 1.68. The van der Waals surface area contributed by atoms with Gasteiger partial charge in [-0.25, -0.2) is 0 Å². The van der Waals surface area contributed by atoms with Gasteiger partial charge in [0.25, 0.3) is 0 Å². The van der Waals surface area contributed by atoms with Gasteiger partial charge in [0.2, 0.25) is 0 Å². The molecule has 0 bridgehead atoms. The van der Waals surface area contributed by atoms with Crippen molar-refractivity contribution in [2.45, 2.75) is 39.0 Å². The number of rotatable bonds is 8. The minimum atomic E-state index is -0.862. The summed E-state index contributed by atoms with van der Waals surface area (Å²) in [4.78, 5) is 14.9. The number of aromatic amines is 1. The predicted octanol–water partition coefficient (Wildman–Crippen LogP) is 4.50. The normalized spacial score (nSPS) is 12.4. The minimum Gasteiger partial charge on any atom is -0.490 e. The molecule has 6 heteroatoms. The first-order valence-corrected chi connectivity index (χ1v) is 9.69. The number of aliphatic carboxylic acids is 1. The first-order chi connectivity index (χ1) is 12.9. The van der Waals surface area contributed by atoms with Gasteiger partial charge in [-0.05, 0) is 59.1 Å². The summed E-state index contributed by atoms with van der Waals surface area (Å²) >= 11 is 3.51. The second kappa shape index (κ2) is 8.59. The van der Waals surface area contributed by atoms with E-state index >= 15 is 0 Å². The summed E-state index contributed by atoms with van der Waals surface area (Å²) in [6.07, 6.45) is 2.39. The number of carboxylic acid groups (broad SMARTS) is 1. The van der Waals surface area contributed by atoms with E-state index < -0.39 is 12.0 Å². The number of carbonyl (C=O) groups is 1. The number of H-pyrrole nitrogens is 1. The summed E-state index contributed by atoms with van der Waals surface area (Å²) in [5.74, 6) is -0.0820. The van der Waals surface area contributed by atoms with Crippen molar-refractivity contribution in [1.82, 2.24) is 10.3 Å². The van der Waals surface area contributed by atoms with Crippen molar-refractivity contribution in [3.8, 4) is 5.75 Å². The van der Waals surface area contributed by atoms with Crippen LogP contribution in [0.2, 0.25) is 0 Å². The third kappa shape index (κ3) is 4.90. The molecule has 0 saturated heterocycles. The molecule has 0 fully saturated rings. The molecule has 5 nitrogen and oxygen atoms in total. The number of para-hydroxylation sites is 1. The lowest BCUT2D eigenvalue weighted by Crippen LogP contribution is -2.38. The number of ether oxygens (including phenoxy) is 1. The fourth-order valence-electron chi connectivity index (χ4n) is 3.01. The zero-order chi connectivity index (χ0) is 19.4. The maximum atomic E-state index is 11.7. The number of nitrogens with one attached hydrogen (secondary N) is 2. The molecule has 3 aromatic rings. The molecule has 0 aliphatic rings. The molecule has 3 rings (SSSR count). The van der Waals surface area contributed by atoms with Crippen LogP contribution in [0.15, 0.2) is 53.1 Å². The SMILES string of the molecule is CC(C)Oc1ccc(CN[C@H](Cc2c[nH]c3ccccc23)C(=O)O)cc1Br. The van der Waals surface area contributed by atoms with E-state index in [-0.39, 0.29) is 6.10 Å². The van der Waals surface area contributed by atoms with Crippen molar-refractivity contribution in [3.05, 3.63) is 64.3 Å². The lowest BCUT2D eigenvalue weighted by Gasteiger charge is -2.16. The van der Waals surface area contributed by atoms with Gasteiger partial charge in [0.05, 0.1) is 10.6 Å². The van der Waals surface area contributed by atoms with Crippen molar-refractivity contribution in [2.75, 3.05) is 0 Å². The monoisotopic (exact) mass is 430 g/mol.